The topological polar surface area (TPSA) is 52.8 Å². The average molecular weight is 266 g/mol. The highest BCUT2D eigenvalue weighted by atomic mass is 15.2. The van der Waals surface area contributed by atoms with Gasteiger partial charge in [0.15, 0.2) is 5.82 Å². The molecule has 20 heavy (non-hydrogen) atoms. The molecule has 0 amide bonds. The van der Waals surface area contributed by atoms with Gasteiger partial charge in [0.2, 0.25) is 0 Å². The molecule has 1 aromatic heterocycles. The summed E-state index contributed by atoms with van der Waals surface area (Å²) in [7, 11) is 1.91. The van der Waals surface area contributed by atoms with Crippen molar-refractivity contribution in [3.8, 4) is 17.3 Å². The fourth-order valence-corrected chi connectivity index (χ4v) is 2.11. The van der Waals surface area contributed by atoms with Gasteiger partial charge in [0.05, 0.1) is 18.2 Å². The summed E-state index contributed by atoms with van der Waals surface area (Å²) in [5.41, 5.74) is 4.42. The lowest BCUT2D eigenvalue weighted by molar-refractivity contribution is 0.860. The van der Waals surface area contributed by atoms with Gasteiger partial charge in [-0.25, -0.2) is 0 Å². The van der Waals surface area contributed by atoms with Gasteiger partial charge >= 0.3 is 0 Å². The summed E-state index contributed by atoms with van der Waals surface area (Å²) in [6.07, 6.45) is 0.483. The molecule has 4 heteroatoms. The number of benzene rings is 1. The van der Waals surface area contributed by atoms with E-state index in [2.05, 4.69) is 48.3 Å². The zero-order valence-corrected chi connectivity index (χ0v) is 12.1. The van der Waals surface area contributed by atoms with Crippen molar-refractivity contribution in [1.82, 2.24) is 10.2 Å². The first-order chi connectivity index (χ1) is 9.61. The minimum absolute atomic E-state index is 0.483. The fourth-order valence-electron chi connectivity index (χ4n) is 2.11. The van der Waals surface area contributed by atoms with Crippen molar-refractivity contribution < 1.29 is 0 Å². The molecule has 0 aliphatic rings. The molecule has 1 aromatic carbocycles. The minimum atomic E-state index is 0.483. The highest BCUT2D eigenvalue weighted by Crippen LogP contribution is 2.22. The maximum absolute atomic E-state index is 8.60. The molecular weight excluding hydrogens is 248 g/mol. The summed E-state index contributed by atoms with van der Waals surface area (Å²) in [4.78, 5) is 1.93. The van der Waals surface area contributed by atoms with Crippen molar-refractivity contribution in [2.24, 2.45) is 0 Å². The number of nitrogens with zero attached hydrogens (tertiary/aromatic N) is 4. The third-order valence-electron chi connectivity index (χ3n) is 3.26. The SMILES string of the molecule is Cc1ccc(-c2ccc(N(C)CCC#N)nn2)c(C)c1. The number of aryl methyl sites for hydroxylation is 2. The van der Waals surface area contributed by atoms with E-state index < -0.39 is 0 Å². The lowest BCUT2D eigenvalue weighted by Crippen LogP contribution is -2.19. The first kappa shape index (κ1) is 14.0. The molecule has 102 valence electrons. The predicted octanol–water partition coefficient (Wildman–Crippen LogP) is 3.11. The van der Waals surface area contributed by atoms with Crippen LogP contribution in [0, 0.1) is 25.2 Å². The molecule has 2 aromatic rings. The third-order valence-corrected chi connectivity index (χ3v) is 3.26. The Morgan fingerprint density at radius 1 is 1.15 bits per heavy atom. The Hall–Kier alpha value is -2.41. The second-order valence-corrected chi connectivity index (χ2v) is 4.92. The molecule has 0 spiro atoms. The van der Waals surface area contributed by atoms with Crippen LogP contribution in [0.2, 0.25) is 0 Å². The molecule has 0 fully saturated rings. The second kappa shape index (κ2) is 6.16. The summed E-state index contributed by atoms with van der Waals surface area (Å²) in [5, 5.41) is 17.1. The average Bonchev–Trinajstić information content (AvgIpc) is 2.45. The van der Waals surface area contributed by atoms with Gasteiger partial charge in [-0.15, -0.1) is 10.2 Å². The third kappa shape index (κ3) is 3.12. The second-order valence-electron chi connectivity index (χ2n) is 4.92. The van der Waals surface area contributed by atoms with Crippen molar-refractivity contribution in [2.75, 3.05) is 18.5 Å². The zero-order chi connectivity index (χ0) is 14.5. The molecule has 0 unspecified atom stereocenters. The molecule has 0 aliphatic heterocycles. The Kier molecular flexibility index (Phi) is 4.31. The van der Waals surface area contributed by atoms with E-state index >= 15 is 0 Å². The molecule has 4 nitrogen and oxygen atoms in total. The van der Waals surface area contributed by atoms with Crippen molar-refractivity contribution in [2.45, 2.75) is 20.3 Å². The number of hydrogen-bond donors (Lipinski definition) is 0. The van der Waals surface area contributed by atoms with Gasteiger partial charge < -0.3 is 4.90 Å². The standard InChI is InChI=1S/C16H18N4/c1-12-5-6-14(13(2)11-12)15-7-8-16(19-18-15)20(3)10-4-9-17/h5-8,11H,4,10H2,1-3H3. The molecular formula is C16H18N4. The Morgan fingerprint density at radius 3 is 2.55 bits per heavy atom. The molecule has 1 heterocycles. The number of anilines is 1. The van der Waals surface area contributed by atoms with Gasteiger partial charge in [-0.05, 0) is 31.5 Å². The number of rotatable bonds is 4. The van der Waals surface area contributed by atoms with Crippen LogP contribution in [0.4, 0.5) is 5.82 Å². The Morgan fingerprint density at radius 2 is 1.95 bits per heavy atom. The van der Waals surface area contributed by atoms with Gasteiger partial charge in [0.25, 0.3) is 0 Å². The highest BCUT2D eigenvalue weighted by molar-refractivity contribution is 5.64. The van der Waals surface area contributed by atoms with Crippen LogP contribution in [0.5, 0.6) is 0 Å². The largest absolute Gasteiger partial charge is 0.357 e. The molecule has 0 saturated heterocycles. The van der Waals surface area contributed by atoms with E-state index in [9.17, 15) is 0 Å². The van der Waals surface area contributed by atoms with Crippen LogP contribution in [0.1, 0.15) is 17.5 Å². The van der Waals surface area contributed by atoms with Crippen molar-refractivity contribution in [3.63, 3.8) is 0 Å². The van der Waals surface area contributed by atoms with Crippen LogP contribution < -0.4 is 4.90 Å². The van der Waals surface area contributed by atoms with Gasteiger partial charge in [-0.3, -0.25) is 0 Å². The van der Waals surface area contributed by atoms with Crippen molar-refractivity contribution in [3.05, 3.63) is 41.5 Å². The molecule has 0 radical (unpaired) electrons. The minimum Gasteiger partial charge on any atom is -0.357 e. The molecule has 0 atom stereocenters. The predicted molar refractivity (Wildman–Crippen MR) is 80.4 cm³/mol. The molecule has 0 saturated carbocycles. The quantitative estimate of drug-likeness (QED) is 0.853. The normalized spacial score (nSPS) is 10.1. The van der Waals surface area contributed by atoms with Gasteiger partial charge in [-0.2, -0.15) is 5.26 Å². The zero-order valence-electron chi connectivity index (χ0n) is 12.1. The Bertz CT molecular complexity index is 626. The first-order valence-corrected chi connectivity index (χ1v) is 6.61. The Balaban J connectivity index is 2.22. The molecule has 0 N–H and O–H groups in total. The monoisotopic (exact) mass is 266 g/mol. The summed E-state index contributed by atoms with van der Waals surface area (Å²) >= 11 is 0. The van der Waals surface area contributed by atoms with Crippen LogP contribution in [0.3, 0.4) is 0 Å². The smallest absolute Gasteiger partial charge is 0.151 e. The van der Waals surface area contributed by atoms with E-state index in [-0.39, 0.29) is 0 Å². The summed E-state index contributed by atoms with van der Waals surface area (Å²) < 4.78 is 0. The summed E-state index contributed by atoms with van der Waals surface area (Å²) in [6.45, 7) is 4.82. The maximum Gasteiger partial charge on any atom is 0.151 e. The van der Waals surface area contributed by atoms with Gasteiger partial charge in [0, 0.05) is 19.2 Å². The lowest BCUT2D eigenvalue weighted by atomic mass is 10.0. The van der Waals surface area contributed by atoms with Crippen molar-refractivity contribution >= 4 is 5.82 Å². The van der Waals surface area contributed by atoms with E-state index in [1.54, 1.807) is 0 Å². The van der Waals surface area contributed by atoms with E-state index in [0.29, 0.717) is 13.0 Å². The lowest BCUT2D eigenvalue weighted by Gasteiger charge is -2.15. The highest BCUT2D eigenvalue weighted by Gasteiger charge is 2.07. The van der Waals surface area contributed by atoms with Crippen LogP contribution in [-0.4, -0.2) is 23.8 Å². The van der Waals surface area contributed by atoms with Gasteiger partial charge in [0.1, 0.15) is 0 Å². The van der Waals surface area contributed by atoms with E-state index in [1.807, 2.05) is 24.1 Å². The number of hydrogen-bond acceptors (Lipinski definition) is 4. The molecule has 0 aliphatic carbocycles. The maximum atomic E-state index is 8.60. The van der Waals surface area contributed by atoms with Crippen LogP contribution in [0.25, 0.3) is 11.3 Å². The van der Waals surface area contributed by atoms with Crippen LogP contribution >= 0.6 is 0 Å². The fraction of sp³-hybridized carbons (Fsp3) is 0.312. The summed E-state index contributed by atoms with van der Waals surface area (Å²) in [6, 6.07) is 12.3. The van der Waals surface area contributed by atoms with E-state index in [1.165, 1.54) is 11.1 Å². The van der Waals surface area contributed by atoms with E-state index in [0.717, 1.165) is 17.1 Å². The van der Waals surface area contributed by atoms with Crippen molar-refractivity contribution in [1.29, 1.82) is 5.26 Å². The van der Waals surface area contributed by atoms with Crippen LogP contribution in [0.15, 0.2) is 30.3 Å². The van der Waals surface area contributed by atoms with E-state index in [4.69, 9.17) is 5.26 Å². The first-order valence-electron chi connectivity index (χ1n) is 6.61. The Labute approximate surface area is 119 Å². The van der Waals surface area contributed by atoms with Crippen LogP contribution in [-0.2, 0) is 0 Å². The van der Waals surface area contributed by atoms with Gasteiger partial charge in [-0.1, -0.05) is 23.8 Å². The number of nitriles is 1. The summed E-state index contributed by atoms with van der Waals surface area (Å²) in [5.74, 6) is 0.786. The molecule has 2 rings (SSSR count). The molecule has 0 bridgehead atoms. The number of aromatic nitrogens is 2.